The third-order valence-electron chi connectivity index (χ3n) is 5.06. The molecule has 1 aliphatic heterocycles. The van der Waals surface area contributed by atoms with Gasteiger partial charge in [-0.2, -0.15) is 4.80 Å². The highest BCUT2D eigenvalue weighted by Gasteiger charge is 2.44. The Hall–Kier alpha value is -3.66. The van der Waals surface area contributed by atoms with E-state index in [1.54, 1.807) is 43.2 Å². The second kappa shape index (κ2) is 9.86. The molecular weight excluding hydrogens is 450 g/mol. The fourth-order valence-corrected chi connectivity index (χ4v) is 3.78. The van der Waals surface area contributed by atoms with Crippen molar-refractivity contribution in [2.75, 3.05) is 18.6 Å². The Labute approximate surface area is 195 Å². The first-order valence-corrected chi connectivity index (χ1v) is 10.7. The van der Waals surface area contributed by atoms with Gasteiger partial charge in [-0.25, -0.2) is 4.79 Å². The molecule has 0 aliphatic carbocycles. The van der Waals surface area contributed by atoms with Crippen LogP contribution in [0.15, 0.2) is 48.5 Å². The molecule has 2 atom stereocenters. The van der Waals surface area contributed by atoms with E-state index in [9.17, 15) is 9.59 Å². The van der Waals surface area contributed by atoms with Gasteiger partial charge < -0.3 is 14.2 Å². The zero-order valence-electron chi connectivity index (χ0n) is 18.1. The maximum Gasteiger partial charge on any atom is 0.415 e. The van der Waals surface area contributed by atoms with Gasteiger partial charge in [-0.1, -0.05) is 23.7 Å². The van der Waals surface area contributed by atoms with Crippen molar-refractivity contribution in [1.29, 1.82) is 0 Å². The van der Waals surface area contributed by atoms with Crippen molar-refractivity contribution in [1.82, 2.24) is 20.2 Å². The van der Waals surface area contributed by atoms with E-state index in [1.807, 2.05) is 24.3 Å². The second-order valence-electron chi connectivity index (χ2n) is 7.23. The highest BCUT2D eigenvalue weighted by atomic mass is 35.5. The molecule has 1 fully saturated rings. The molecule has 0 spiro atoms. The number of anilines is 1. The first-order valence-electron chi connectivity index (χ1n) is 10.3. The van der Waals surface area contributed by atoms with Crippen molar-refractivity contribution in [3.05, 3.63) is 64.9 Å². The Morgan fingerprint density at radius 3 is 2.73 bits per heavy atom. The van der Waals surface area contributed by atoms with Crippen molar-refractivity contribution < 1.29 is 23.8 Å². The number of tetrazole rings is 1. The largest absolute Gasteiger partial charge is 0.497 e. The van der Waals surface area contributed by atoms with Crippen LogP contribution in [0.5, 0.6) is 5.75 Å². The number of cyclic esters (lactones) is 1. The summed E-state index contributed by atoms with van der Waals surface area (Å²) < 4.78 is 16.0. The van der Waals surface area contributed by atoms with E-state index in [0.29, 0.717) is 16.5 Å². The highest BCUT2D eigenvalue weighted by molar-refractivity contribution is 6.30. The van der Waals surface area contributed by atoms with E-state index in [0.717, 1.165) is 5.56 Å². The molecule has 2 aromatic carbocycles. The van der Waals surface area contributed by atoms with Gasteiger partial charge in [0.2, 0.25) is 0 Å². The van der Waals surface area contributed by atoms with Gasteiger partial charge in [0.05, 0.1) is 13.7 Å². The standard InChI is InChI=1S/C22H22ClN5O5/c1-3-32-20(29)12-19-24-26-27(25-19)13-18-21(14-5-4-6-17(11-14)31-2)28(22(30)33-18)16-9-7-15(23)8-10-16/h4-11,18,21H,3,12-13H2,1-2H3/t18-,21-/m0/s1. The molecule has 0 bridgehead atoms. The number of halogens is 1. The Bertz CT molecular complexity index is 1140. The first kappa shape index (κ1) is 22.5. The summed E-state index contributed by atoms with van der Waals surface area (Å²) in [5, 5.41) is 12.7. The van der Waals surface area contributed by atoms with Crippen LogP contribution in [0.25, 0.3) is 0 Å². The van der Waals surface area contributed by atoms with E-state index < -0.39 is 24.2 Å². The van der Waals surface area contributed by atoms with E-state index in [-0.39, 0.29) is 25.4 Å². The van der Waals surface area contributed by atoms with Gasteiger partial charge in [0.25, 0.3) is 0 Å². The second-order valence-corrected chi connectivity index (χ2v) is 7.67. The number of hydrogen-bond acceptors (Lipinski definition) is 8. The topological polar surface area (TPSA) is 109 Å². The fraction of sp³-hybridized carbons (Fsp3) is 0.318. The number of carbonyl (C=O) groups excluding carboxylic acids is 2. The number of esters is 1. The van der Waals surface area contributed by atoms with Crippen LogP contribution in [-0.2, 0) is 27.2 Å². The van der Waals surface area contributed by atoms with E-state index in [2.05, 4.69) is 15.4 Å². The summed E-state index contributed by atoms with van der Waals surface area (Å²) >= 11 is 6.03. The van der Waals surface area contributed by atoms with Crippen LogP contribution < -0.4 is 9.64 Å². The van der Waals surface area contributed by atoms with Crippen LogP contribution in [0.4, 0.5) is 10.5 Å². The zero-order valence-corrected chi connectivity index (χ0v) is 18.8. The zero-order chi connectivity index (χ0) is 23.4. The Balaban J connectivity index is 1.63. The Morgan fingerprint density at radius 1 is 1.21 bits per heavy atom. The summed E-state index contributed by atoms with van der Waals surface area (Å²) in [6.45, 7) is 2.13. The van der Waals surface area contributed by atoms with E-state index in [4.69, 9.17) is 25.8 Å². The normalized spacial score (nSPS) is 17.7. The third kappa shape index (κ3) is 5.06. The fourth-order valence-electron chi connectivity index (χ4n) is 3.65. The number of carbonyl (C=O) groups is 2. The molecule has 1 aromatic heterocycles. The molecule has 33 heavy (non-hydrogen) atoms. The number of aromatic nitrogens is 4. The number of amides is 1. The molecule has 3 aromatic rings. The van der Waals surface area contributed by atoms with Gasteiger partial charge in [0.1, 0.15) is 30.9 Å². The molecule has 1 amide bonds. The van der Waals surface area contributed by atoms with Crippen molar-refractivity contribution in [3.8, 4) is 5.75 Å². The van der Waals surface area contributed by atoms with Gasteiger partial charge in [-0.3, -0.25) is 9.69 Å². The maximum absolute atomic E-state index is 12.9. The van der Waals surface area contributed by atoms with Crippen LogP contribution in [-0.4, -0.2) is 52.1 Å². The van der Waals surface area contributed by atoms with Crippen LogP contribution in [0.1, 0.15) is 24.4 Å². The van der Waals surface area contributed by atoms with Crippen LogP contribution in [0.3, 0.4) is 0 Å². The molecule has 0 radical (unpaired) electrons. The average Bonchev–Trinajstić information content (AvgIpc) is 3.38. The summed E-state index contributed by atoms with van der Waals surface area (Å²) in [5.41, 5.74) is 1.45. The van der Waals surface area contributed by atoms with Crippen LogP contribution in [0.2, 0.25) is 5.02 Å². The molecule has 10 nitrogen and oxygen atoms in total. The van der Waals surface area contributed by atoms with Gasteiger partial charge in [0.15, 0.2) is 5.82 Å². The average molecular weight is 472 g/mol. The lowest BCUT2D eigenvalue weighted by atomic mass is 9.99. The van der Waals surface area contributed by atoms with Crippen LogP contribution in [0, 0.1) is 0 Å². The number of methoxy groups -OCH3 is 1. The summed E-state index contributed by atoms with van der Waals surface area (Å²) in [6, 6.07) is 13.8. The minimum Gasteiger partial charge on any atom is -0.497 e. The van der Waals surface area contributed by atoms with Crippen molar-refractivity contribution in [2.45, 2.75) is 32.0 Å². The molecule has 2 heterocycles. The smallest absolute Gasteiger partial charge is 0.415 e. The van der Waals surface area contributed by atoms with Crippen LogP contribution >= 0.6 is 11.6 Å². The quantitative estimate of drug-likeness (QED) is 0.461. The Kier molecular flexibility index (Phi) is 6.74. The summed E-state index contributed by atoms with van der Waals surface area (Å²) in [5.74, 6) is 0.440. The molecule has 0 saturated carbocycles. The van der Waals surface area contributed by atoms with Crippen molar-refractivity contribution >= 4 is 29.4 Å². The van der Waals surface area contributed by atoms with Crippen molar-refractivity contribution in [3.63, 3.8) is 0 Å². The number of ether oxygens (including phenoxy) is 3. The molecule has 172 valence electrons. The lowest BCUT2D eigenvalue weighted by molar-refractivity contribution is -0.142. The van der Waals surface area contributed by atoms with Gasteiger partial charge in [0, 0.05) is 10.7 Å². The number of rotatable bonds is 8. The third-order valence-corrected chi connectivity index (χ3v) is 5.32. The van der Waals surface area contributed by atoms with Gasteiger partial charge >= 0.3 is 12.1 Å². The molecule has 0 unspecified atom stereocenters. The highest BCUT2D eigenvalue weighted by Crippen LogP contribution is 2.39. The van der Waals surface area contributed by atoms with Gasteiger partial charge in [-0.15, -0.1) is 10.2 Å². The summed E-state index contributed by atoms with van der Waals surface area (Å²) in [7, 11) is 1.58. The minimum atomic E-state index is -0.634. The van der Waals surface area contributed by atoms with E-state index >= 15 is 0 Å². The monoisotopic (exact) mass is 471 g/mol. The predicted molar refractivity (Wildman–Crippen MR) is 118 cm³/mol. The Morgan fingerprint density at radius 2 is 2.00 bits per heavy atom. The molecule has 1 saturated heterocycles. The minimum absolute atomic E-state index is 0.0888. The van der Waals surface area contributed by atoms with E-state index in [1.165, 1.54) is 4.80 Å². The summed E-state index contributed by atoms with van der Waals surface area (Å²) in [4.78, 5) is 27.5. The summed E-state index contributed by atoms with van der Waals surface area (Å²) in [6.07, 6.45) is -1.24. The number of nitrogens with zero attached hydrogens (tertiary/aromatic N) is 5. The maximum atomic E-state index is 12.9. The molecule has 11 heteroatoms. The SMILES string of the molecule is CCOC(=O)Cc1nnn(C[C@@H]2OC(=O)N(c3ccc(Cl)cc3)[C@H]2c2cccc(OC)c2)n1. The molecule has 1 aliphatic rings. The van der Waals surface area contributed by atoms with Crippen molar-refractivity contribution in [2.24, 2.45) is 0 Å². The first-order chi connectivity index (χ1) is 16.0. The number of benzene rings is 2. The lowest BCUT2D eigenvalue weighted by Crippen LogP contribution is -2.31. The molecule has 0 N–H and O–H groups in total. The predicted octanol–water partition coefficient (Wildman–Crippen LogP) is 3.21. The lowest BCUT2D eigenvalue weighted by Gasteiger charge is -2.25. The molecule has 4 rings (SSSR count). The molecular formula is C22H22ClN5O5. The number of hydrogen-bond donors (Lipinski definition) is 0. The van der Waals surface area contributed by atoms with Gasteiger partial charge in [-0.05, 0) is 54.1 Å².